The van der Waals surface area contributed by atoms with Crippen LogP contribution in [0.2, 0.25) is 0 Å². The number of rotatable bonds is 10. The molecule has 0 N–H and O–H groups in total. The van der Waals surface area contributed by atoms with Gasteiger partial charge in [-0.3, -0.25) is 9.88 Å². The number of ether oxygens (including phenoxy) is 1. The van der Waals surface area contributed by atoms with E-state index in [4.69, 9.17) is 4.74 Å². The number of nitrogens with zero attached hydrogens (tertiary/aromatic N) is 3. The summed E-state index contributed by atoms with van der Waals surface area (Å²) in [6, 6.07) is 21.6. The first-order valence-corrected chi connectivity index (χ1v) is 13.0. The number of hydrogen-bond donors (Lipinski definition) is 0. The zero-order chi connectivity index (χ0) is 23.8. The molecule has 6 heteroatoms. The smallest absolute Gasteiger partial charge is 0.136 e. The van der Waals surface area contributed by atoms with E-state index in [2.05, 4.69) is 52.2 Å². The third-order valence-electron chi connectivity index (χ3n) is 6.57. The fourth-order valence-electron chi connectivity index (χ4n) is 4.75. The maximum Gasteiger partial charge on any atom is 0.136 e. The van der Waals surface area contributed by atoms with E-state index < -0.39 is 0 Å². The molecular weight excluding hydrogens is 445 g/mol. The summed E-state index contributed by atoms with van der Waals surface area (Å²) in [6.45, 7) is 4.23. The Kier molecular flexibility index (Phi) is 8.97. The third kappa shape index (κ3) is 6.59. The minimum absolute atomic E-state index is 0.0894. The summed E-state index contributed by atoms with van der Waals surface area (Å²) in [5.41, 5.74) is 2.25. The number of benzene rings is 2. The molecule has 1 atom stereocenters. The van der Waals surface area contributed by atoms with Crippen molar-refractivity contribution in [2.45, 2.75) is 23.8 Å². The van der Waals surface area contributed by atoms with Gasteiger partial charge in [-0.15, -0.1) is 11.8 Å². The molecule has 2 heterocycles. The predicted octanol–water partition coefficient (Wildman–Crippen LogP) is 5.75. The van der Waals surface area contributed by atoms with Gasteiger partial charge < -0.3 is 9.64 Å². The maximum absolute atomic E-state index is 13.8. The number of pyridine rings is 1. The van der Waals surface area contributed by atoms with Crippen molar-refractivity contribution in [3.05, 3.63) is 90.0 Å². The second-order valence-corrected chi connectivity index (χ2v) is 10.1. The largest absolute Gasteiger partial charge is 0.497 e. The molecule has 3 aromatic rings. The molecule has 1 aliphatic heterocycles. The molecule has 0 spiro atoms. The highest BCUT2D eigenvalue weighted by atomic mass is 32.2. The first-order chi connectivity index (χ1) is 16.6. The van der Waals surface area contributed by atoms with E-state index in [0.717, 1.165) is 48.3 Å². The van der Waals surface area contributed by atoms with Crippen LogP contribution in [-0.2, 0) is 0 Å². The van der Waals surface area contributed by atoms with Gasteiger partial charge in [0.15, 0.2) is 0 Å². The van der Waals surface area contributed by atoms with E-state index in [-0.39, 0.29) is 11.9 Å². The van der Waals surface area contributed by atoms with E-state index in [0.29, 0.717) is 5.92 Å². The highest BCUT2D eigenvalue weighted by Crippen LogP contribution is 2.31. The van der Waals surface area contributed by atoms with E-state index in [1.807, 2.05) is 30.5 Å². The van der Waals surface area contributed by atoms with Gasteiger partial charge in [-0.25, -0.2) is 4.39 Å². The van der Waals surface area contributed by atoms with Gasteiger partial charge in [0.25, 0.3) is 0 Å². The number of methoxy groups -OCH3 is 1. The Morgan fingerprint density at radius 3 is 2.62 bits per heavy atom. The minimum atomic E-state index is -0.118. The molecule has 1 fully saturated rings. The zero-order valence-corrected chi connectivity index (χ0v) is 20.9. The van der Waals surface area contributed by atoms with Gasteiger partial charge in [0.1, 0.15) is 11.6 Å². The van der Waals surface area contributed by atoms with Crippen molar-refractivity contribution in [1.82, 2.24) is 14.8 Å². The number of piperidine rings is 1. The summed E-state index contributed by atoms with van der Waals surface area (Å²) in [5.74, 6) is 2.32. The van der Waals surface area contributed by atoms with Gasteiger partial charge in [0, 0.05) is 29.9 Å². The lowest BCUT2D eigenvalue weighted by molar-refractivity contribution is 0.147. The quantitative estimate of drug-likeness (QED) is 0.345. The monoisotopic (exact) mass is 479 g/mol. The third-order valence-corrected chi connectivity index (χ3v) is 7.60. The molecule has 0 bridgehead atoms. The predicted molar refractivity (Wildman–Crippen MR) is 138 cm³/mol. The van der Waals surface area contributed by atoms with E-state index in [9.17, 15) is 4.39 Å². The van der Waals surface area contributed by atoms with Crippen LogP contribution in [0.5, 0.6) is 5.75 Å². The summed E-state index contributed by atoms with van der Waals surface area (Å²) in [6.07, 6.45) is 4.23. The molecule has 0 aliphatic carbocycles. The van der Waals surface area contributed by atoms with Crippen molar-refractivity contribution in [3.63, 3.8) is 0 Å². The Hall–Kier alpha value is -2.41. The van der Waals surface area contributed by atoms with Gasteiger partial charge in [0.2, 0.25) is 0 Å². The molecule has 4 nitrogen and oxygen atoms in total. The number of thioether (sulfide) groups is 1. The van der Waals surface area contributed by atoms with Crippen LogP contribution in [0.25, 0.3) is 0 Å². The average Bonchev–Trinajstić information content (AvgIpc) is 2.87. The van der Waals surface area contributed by atoms with Crippen LogP contribution in [0.4, 0.5) is 4.39 Å². The first-order valence-electron chi connectivity index (χ1n) is 12.0. The summed E-state index contributed by atoms with van der Waals surface area (Å²) in [7, 11) is 3.91. The second-order valence-electron chi connectivity index (χ2n) is 8.94. The standard InChI is InChI=1S/C28H34FN3OS/c1-31(28(26-11-5-6-15-30-26)23-8-7-9-24(20-23)33-2)21-22-13-16-32(17-14-22)18-19-34-27-12-4-3-10-25(27)29/h3-12,15,20,22,28H,13-14,16-19,21H2,1-2H3. The highest BCUT2D eigenvalue weighted by molar-refractivity contribution is 7.99. The number of aromatic nitrogens is 1. The highest BCUT2D eigenvalue weighted by Gasteiger charge is 2.26. The fourth-order valence-corrected chi connectivity index (χ4v) is 5.70. The molecule has 0 amide bonds. The van der Waals surface area contributed by atoms with Gasteiger partial charge in [-0.05, 0) is 80.9 Å². The van der Waals surface area contributed by atoms with Crippen molar-refractivity contribution in [3.8, 4) is 5.75 Å². The molecule has 1 aromatic heterocycles. The topological polar surface area (TPSA) is 28.6 Å². The van der Waals surface area contributed by atoms with E-state index in [1.54, 1.807) is 24.9 Å². The van der Waals surface area contributed by atoms with Gasteiger partial charge in [-0.1, -0.05) is 30.3 Å². The van der Waals surface area contributed by atoms with Crippen LogP contribution in [0.1, 0.15) is 30.1 Å². The second kappa shape index (κ2) is 12.3. The maximum atomic E-state index is 13.8. The summed E-state index contributed by atoms with van der Waals surface area (Å²) in [5, 5.41) is 0. The lowest BCUT2D eigenvalue weighted by Gasteiger charge is -2.36. The summed E-state index contributed by atoms with van der Waals surface area (Å²) in [4.78, 5) is 10.4. The van der Waals surface area contributed by atoms with Crippen LogP contribution in [0, 0.1) is 11.7 Å². The van der Waals surface area contributed by atoms with E-state index >= 15 is 0 Å². The fraction of sp³-hybridized carbons (Fsp3) is 0.393. The van der Waals surface area contributed by atoms with Crippen molar-refractivity contribution < 1.29 is 9.13 Å². The Balaban J connectivity index is 1.32. The Morgan fingerprint density at radius 1 is 1.09 bits per heavy atom. The van der Waals surface area contributed by atoms with Crippen molar-refractivity contribution >= 4 is 11.8 Å². The molecule has 0 saturated carbocycles. The Labute approximate surface area is 207 Å². The molecule has 0 radical (unpaired) electrons. The van der Waals surface area contributed by atoms with Crippen LogP contribution >= 0.6 is 11.8 Å². The van der Waals surface area contributed by atoms with Crippen LogP contribution in [0.15, 0.2) is 77.8 Å². The van der Waals surface area contributed by atoms with Gasteiger partial charge in [0.05, 0.1) is 18.8 Å². The lowest BCUT2D eigenvalue weighted by Crippen LogP contribution is -2.39. The number of likely N-dealkylation sites (tertiary alicyclic amines) is 1. The molecular formula is C28H34FN3OS. The van der Waals surface area contributed by atoms with Crippen LogP contribution in [-0.4, -0.2) is 60.9 Å². The zero-order valence-electron chi connectivity index (χ0n) is 20.1. The van der Waals surface area contributed by atoms with Crippen molar-refractivity contribution in [2.24, 2.45) is 5.92 Å². The molecule has 180 valence electrons. The Morgan fingerprint density at radius 2 is 1.88 bits per heavy atom. The first kappa shape index (κ1) is 24.7. The molecule has 2 aromatic carbocycles. The SMILES string of the molecule is COc1cccc(C(c2ccccn2)N(C)CC2CCN(CCSc3ccccc3F)CC2)c1. The molecule has 1 saturated heterocycles. The van der Waals surface area contributed by atoms with E-state index in [1.165, 1.54) is 24.5 Å². The number of halogens is 1. The summed E-state index contributed by atoms with van der Waals surface area (Å²) < 4.78 is 19.3. The molecule has 34 heavy (non-hydrogen) atoms. The van der Waals surface area contributed by atoms with Gasteiger partial charge in [-0.2, -0.15) is 0 Å². The molecule has 1 unspecified atom stereocenters. The number of hydrogen-bond acceptors (Lipinski definition) is 5. The molecule has 1 aliphatic rings. The van der Waals surface area contributed by atoms with Crippen LogP contribution < -0.4 is 4.74 Å². The van der Waals surface area contributed by atoms with Crippen molar-refractivity contribution in [1.29, 1.82) is 0 Å². The van der Waals surface area contributed by atoms with Crippen molar-refractivity contribution in [2.75, 3.05) is 46.1 Å². The average molecular weight is 480 g/mol. The minimum Gasteiger partial charge on any atom is -0.497 e. The molecule has 4 rings (SSSR count). The Bertz CT molecular complexity index is 1030. The summed E-state index contributed by atoms with van der Waals surface area (Å²) >= 11 is 1.61. The normalized spacial score (nSPS) is 16.0. The lowest BCUT2D eigenvalue weighted by atomic mass is 9.94. The van der Waals surface area contributed by atoms with Crippen LogP contribution in [0.3, 0.4) is 0 Å². The van der Waals surface area contributed by atoms with Gasteiger partial charge >= 0.3 is 0 Å².